The van der Waals surface area contributed by atoms with Gasteiger partial charge in [0.25, 0.3) is 0 Å². The van der Waals surface area contributed by atoms with Gasteiger partial charge in [0.1, 0.15) is 12.5 Å². The standard InChI is InChI=1S/C23H25N3O3/c27-16-28-15-18-8-10-24-14-22(18)25-13-17-9-11-29-23-12-20(6-7-21(17)23)26-19-4-2-1-3-5-19/h1-8,10,12,14,17,25-27H,9,11,13,15-16H2. The first-order chi connectivity index (χ1) is 14.3. The second kappa shape index (κ2) is 9.41. The third-order valence-electron chi connectivity index (χ3n) is 5.04. The molecule has 29 heavy (non-hydrogen) atoms. The Morgan fingerprint density at radius 1 is 1.10 bits per heavy atom. The van der Waals surface area contributed by atoms with Crippen molar-refractivity contribution in [2.24, 2.45) is 0 Å². The van der Waals surface area contributed by atoms with Gasteiger partial charge in [-0.2, -0.15) is 0 Å². The summed E-state index contributed by atoms with van der Waals surface area (Å²) >= 11 is 0. The molecule has 1 unspecified atom stereocenters. The minimum atomic E-state index is -0.297. The molecule has 1 aliphatic rings. The van der Waals surface area contributed by atoms with Crippen molar-refractivity contribution in [3.63, 3.8) is 0 Å². The van der Waals surface area contributed by atoms with E-state index in [-0.39, 0.29) is 6.79 Å². The predicted octanol–water partition coefficient (Wildman–Crippen LogP) is 4.27. The van der Waals surface area contributed by atoms with Gasteiger partial charge in [-0.1, -0.05) is 24.3 Å². The Kier molecular flexibility index (Phi) is 6.24. The van der Waals surface area contributed by atoms with Crippen LogP contribution in [0.5, 0.6) is 5.75 Å². The van der Waals surface area contributed by atoms with Crippen molar-refractivity contribution in [2.45, 2.75) is 18.9 Å². The van der Waals surface area contributed by atoms with Crippen LogP contribution in [-0.4, -0.2) is 30.0 Å². The molecule has 0 radical (unpaired) electrons. The Hall–Kier alpha value is -3.09. The van der Waals surface area contributed by atoms with Gasteiger partial charge < -0.3 is 25.2 Å². The number of nitrogens with zero attached hydrogens (tertiary/aromatic N) is 1. The number of fused-ring (bicyclic) bond motifs is 1. The highest BCUT2D eigenvalue weighted by Gasteiger charge is 2.22. The number of rotatable bonds is 8. The fourth-order valence-electron chi connectivity index (χ4n) is 3.54. The Labute approximate surface area is 170 Å². The van der Waals surface area contributed by atoms with Gasteiger partial charge in [0.05, 0.1) is 25.1 Å². The number of pyridine rings is 1. The number of hydrogen-bond acceptors (Lipinski definition) is 6. The molecule has 0 spiro atoms. The normalized spacial score (nSPS) is 15.3. The van der Waals surface area contributed by atoms with Crippen LogP contribution < -0.4 is 15.4 Å². The van der Waals surface area contributed by atoms with Gasteiger partial charge in [-0.25, -0.2) is 0 Å². The van der Waals surface area contributed by atoms with Crippen LogP contribution in [0.4, 0.5) is 17.1 Å². The first-order valence-corrected chi connectivity index (χ1v) is 9.77. The van der Waals surface area contributed by atoms with E-state index < -0.39 is 0 Å². The third-order valence-corrected chi connectivity index (χ3v) is 5.04. The smallest absolute Gasteiger partial charge is 0.144 e. The molecule has 2 heterocycles. The minimum absolute atomic E-state index is 0.297. The second-order valence-corrected chi connectivity index (χ2v) is 6.97. The fourth-order valence-corrected chi connectivity index (χ4v) is 3.54. The highest BCUT2D eigenvalue weighted by atomic mass is 16.6. The van der Waals surface area contributed by atoms with E-state index in [0.717, 1.165) is 41.3 Å². The van der Waals surface area contributed by atoms with E-state index in [4.69, 9.17) is 14.6 Å². The van der Waals surface area contributed by atoms with Gasteiger partial charge in [0.15, 0.2) is 0 Å². The van der Waals surface area contributed by atoms with Crippen molar-refractivity contribution in [3.05, 3.63) is 78.1 Å². The molecule has 0 amide bonds. The number of para-hydroxylation sites is 1. The van der Waals surface area contributed by atoms with Crippen molar-refractivity contribution >= 4 is 17.1 Å². The van der Waals surface area contributed by atoms with Crippen molar-refractivity contribution in [2.75, 3.05) is 30.6 Å². The monoisotopic (exact) mass is 391 g/mol. The summed E-state index contributed by atoms with van der Waals surface area (Å²) in [4.78, 5) is 4.20. The predicted molar refractivity (Wildman–Crippen MR) is 114 cm³/mol. The highest BCUT2D eigenvalue weighted by Crippen LogP contribution is 2.36. The molecule has 2 aromatic carbocycles. The molecule has 1 aromatic heterocycles. The Morgan fingerprint density at radius 3 is 2.86 bits per heavy atom. The Balaban J connectivity index is 1.45. The van der Waals surface area contributed by atoms with Crippen LogP contribution in [0.15, 0.2) is 67.0 Å². The fraction of sp³-hybridized carbons (Fsp3) is 0.261. The van der Waals surface area contributed by atoms with Crippen LogP contribution in [0.3, 0.4) is 0 Å². The molecule has 1 atom stereocenters. The van der Waals surface area contributed by atoms with E-state index in [1.807, 2.05) is 36.4 Å². The van der Waals surface area contributed by atoms with E-state index >= 15 is 0 Å². The van der Waals surface area contributed by atoms with Gasteiger partial charge in [0.2, 0.25) is 0 Å². The average molecular weight is 391 g/mol. The number of anilines is 3. The quantitative estimate of drug-likeness (QED) is 0.498. The van der Waals surface area contributed by atoms with Gasteiger partial charge in [-0.15, -0.1) is 0 Å². The number of aliphatic hydroxyl groups excluding tert-OH is 1. The summed E-state index contributed by atoms with van der Waals surface area (Å²) in [6.45, 7) is 1.52. The molecule has 4 rings (SSSR count). The number of ether oxygens (including phenoxy) is 2. The zero-order valence-corrected chi connectivity index (χ0v) is 16.2. The number of hydrogen-bond donors (Lipinski definition) is 3. The van der Waals surface area contributed by atoms with Crippen LogP contribution in [0.1, 0.15) is 23.5 Å². The first kappa shape index (κ1) is 19.2. The summed E-state index contributed by atoms with van der Waals surface area (Å²) in [5.41, 5.74) is 5.18. The van der Waals surface area contributed by atoms with E-state index in [9.17, 15) is 0 Å². The third kappa shape index (κ3) is 4.85. The molecular formula is C23H25N3O3. The molecule has 6 nitrogen and oxygen atoms in total. The lowest BCUT2D eigenvalue weighted by molar-refractivity contribution is -0.0110. The summed E-state index contributed by atoms with van der Waals surface area (Å²) in [7, 11) is 0. The van der Waals surface area contributed by atoms with E-state index in [1.54, 1.807) is 12.4 Å². The van der Waals surface area contributed by atoms with Crippen LogP contribution in [0, 0.1) is 0 Å². The molecule has 150 valence electrons. The van der Waals surface area contributed by atoms with E-state index in [2.05, 4.69) is 33.8 Å². The highest BCUT2D eigenvalue weighted by molar-refractivity contribution is 5.63. The molecular weight excluding hydrogens is 366 g/mol. The van der Waals surface area contributed by atoms with Crippen molar-refractivity contribution < 1.29 is 14.6 Å². The van der Waals surface area contributed by atoms with Crippen LogP contribution >= 0.6 is 0 Å². The maximum absolute atomic E-state index is 8.90. The lowest BCUT2D eigenvalue weighted by Gasteiger charge is -2.27. The second-order valence-electron chi connectivity index (χ2n) is 6.97. The van der Waals surface area contributed by atoms with E-state index in [1.165, 1.54) is 5.56 Å². The number of aromatic nitrogens is 1. The molecule has 0 aliphatic carbocycles. The molecule has 3 N–H and O–H groups in total. The first-order valence-electron chi connectivity index (χ1n) is 9.77. The SMILES string of the molecule is OCOCc1ccncc1NCC1CCOc2cc(Nc3ccccc3)ccc21. The average Bonchev–Trinajstić information content (AvgIpc) is 2.77. The molecule has 6 heteroatoms. The van der Waals surface area contributed by atoms with Gasteiger partial charge in [0, 0.05) is 41.7 Å². The van der Waals surface area contributed by atoms with Crippen LogP contribution in [0.2, 0.25) is 0 Å². The summed E-state index contributed by atoms with van der Waals surface area (Å²) < 4.78 is 11.1. The molecule has 1 aliphatic heterocycles. The minimum Gasteiger partial charge on any atom is -0.493 e. The molecule has 3 aromatic rings. The number of benzene rings is 2. The van der Waals surface area contributed by atoms with Gasteiger partial charge in [-0.05, 0) is 36.2 Å². The Morgan fingerprint density at radius 2 is 2.00 bits per heavy atom. The zero-order valence-electron chi connectivity index (χ0n) is 16.2. The summed E-state index contributed by atoms with van der Waals surface area (Å²) in [5, 5.41) is 15.8. The molecule has 0 saturated carbocycles. The maximum Gasteiger partial charge on any atom is 0.144 e. The summed E-state index contributed by atoms with van der Waals surface area (Å²) in [6.07, 6.45) is 4.48. The number of nitrogens with one attached hydrogen (secondary N) is 2. The van der Waals surface area contributed by atoms with Crippen LogP contribution in [-0.2, 0) is 11.3 Å². The van der Waals surface area contributed by atoms with E-state index in [0.29, 0.717) is 19.1 Å². The van der Waals surface area contributed by atoms with Gasteiger partial charge >= 0.3 is 0 Å². The van der Waals surface area contributed by atoms with Crippen LogP contribution in [0.25, 0.3) is 0 Å². The van der Waals surface area contributed by atoms with Crippen molar-refractivity contribution in [1.29, 1.82) is 0 Å². The van der Waals surface area contributed by atoms with Crippen molar-refractivity contribution in [1.82, 2.24) is 4.98 Å². The molecule has 0 bridgehead atoms. The molecule has 0 fully saturated rings. The number of aliphatic hydroxyl groups is 1. The zero-order chi connectivity index (χ0) is 19.9. The maximum atomic E-state index is 8.90. The lowest BCUT2D eigenvalue weighted by atomic mass is 9.92. The van der Waals surface area contributed by atoms with Crippen molar-refractivity contribution in [3.8, 4) is 5.75 Å². The van der Waals surface area contributed by atoms with Gasteiger partial charge in [-0.3, -0.25) is 4.98 Å². The Bertz CT molecular complexity index is 934. The summed E-state index contributed by atoms with van der Waals surface area (Å²) in [5.74, 6) is 1.27. The lowest BCUT2D eigenvalue weighted by Crippen LogP contribution is -2.21. The molecule has 0 saturated heterocycles. The largest absolute Gasteiger partial charge is 0.493 e. The summed E-state index contributed by atoms with van der Waals surface area (Å²) in [6, 6.07) is 18.3. The topological polar surface area (TPSA) is 75.6 Å².